The van der Waals surface area contributed by atoms with Crippen molar-refractivity contribution in [3.05, 3.63) is 60.2 Å². The fourth-order valence-electron chi connectivity index (χ4n) is 2.17. The summed E-state index contributed by atoms with van der Waals surface area (Å²) in [6, 6.07) is 16.3. The first-order valence-electron chi connectivity index (χ1n) is 8.41. The summed E-state index contributed by atoms with van der Waals surface area (Å²) in [5.74, 6) is 0.228. The van der Waals surface area contributed by atoms with Gasteiger partial charge in [-0.3, -0.25) is 9.10 Å². The van der Waals surface area contributed by atoms with E-state index >= 15 is 0 Å². The Morgan fingerprint density at radius 3 is 2.37 bits per heavy atom. The maximum absolute atomic E-state index is 11.8. The van der Waals surface area contributed by atoms with E-state index in [0.717, 1.165) is 11.8 Å². The molecule has 0 bridgehead atoms. The minimum Gasteiger partial charge on any atom is -0.484 e. The van der Waals surface area contributed by atoms with Gasteiger partial charge in [0, 0.05) is 13.6 Å². The highest BCUT2D eigenvalue weighted by atomic mass is 32.2. The van der Waals surface area contributed by atoms with Crippen molar-refractivity contribution in [2.24, 2.45) is 0 Å². The lowest BCUT2D eigenvalue weighted by Gasteiger charge is -2.16. The minimum atomic E-state index is -3.31. The zero-order valence-corrected chi connectivity index (χ0v) is 16.2. The minimum absolute atomic E-state index is 0.125. The van der Waals surface area contributed by atoms with Crippen LogP contribution in [0.5, 0.6) is 5.75 Å². The highest BCUT2D eigenvalue weighted by molar-refractivity contribution is 7.92. The van der Waals surface area contributed by atoms with E-state index in [1.165, 1.54) is 11.4 Å². The van der Waals surface area contributed by atoms with Crippen molar-refractivity contribution in [1.29, 1.82) is 0 Å². The van der Waals surface area contributed by atoms with Gasteiger partial charge in [-0.2, -0.15) is 0 Å². The van der Waals surface area contributed by atoms with Crippen LogP contribution in [0.1, 0.15) is 5.56 Å². The third-order valence-electron chi connectivity index (χ3n) is 3.75. The second kappa shape index (κ2) is 9.94. The normalized spacial score (nSPS) is 11.0. The van der Waals surface area contributed by atoms with E-state index in [0.29, 0.717) is 31.2 Å². The van der Waals surface area contributed by atoms with Crippen LogP contribution in [-0.2, 0) is 26.2 Å². The van der Waals surface area contributed by atoms with E-state index < -0.39 is 10.0 Å². The van der Waals surface area contributed by atoms with Gasteiger partial charge < -0.3 is 14.8 Å². The smallest absolute Gasteiger partial charge is 0.258 e. The van der Waals surface area contributed by atoms with E-state index in [2.05, 4.69) is 5.32 Å². The largest absolute Gasteiger partial charge is 0.484 e. The lowest BCUT2D eigenvalue weighted by atomic mass is 10.2. The van der Waals surface area contributed by atoms with Gasteiger partial charge >= 0.3 is 0 Å². The zero-order valence-electron chi connectivity index (χ0n) is 15.4. The fraction of sp³-hybridized carbons (Fsp3) is 0.316. The number of hydrogen-bond acceptors (Lipinski definition) is 5. The monoisotopic (exact) mass is 392 g/mol. The molecule has 0 atom stereocenters. The molecule has 0 saturated heterocycles. The first-order valence-corrected chi connectivity index (χ1v) is 10.3. The number of ether oxygens (including phenoxy) is 2. The van der Waals surface area contributed by atoms with Gasteiger partial charge in [0.05, 0.1) is 25.2 Å². The maximum atomic E-state index is 11.8. The van der Waals surface area contributed by atoms with Crippen molar-refractivity contribution >= 4 is 21.6 Å². The molecule has 0 radical (unpaired) electrons. The molecular formula is C19H24N2O5S. The van der Waals surface area contributed by atoms with E-state index in [1.54, 1.807) is 24.3 Å². The third kappa shape index (κ3) is 7.28. The molecule has 0 saturated carbocycles. The predicted octanol–water partition coefficient (Wildman–Crippen LogP) is 1.79. The van der Waals surface area contributed by atoms with Gasteiger partial charge in [-0.15, -0.1) is 0 Å². The van der Waals surface area contributed by atoms with E-state index in [1.807, 2.05) is 30.3 Å². The molecular weight excluding hydrogens is 368 g/mol. The maximum Gasteiger partial charge on any atom is 0.258 e. The van der Waals surface area contributed by atoms with E-state index in [9.17, 15) is 13.2 Å². The fourth-order valence-corrected chi connectivity index (χ4v) is 2.68. The summed E-state index contributed by atoms with van der Waals surface area (Å²) < 4.78 is 35.0. The first kappa shape index (κ1) is 20.7. The molecule has 2 rings (SSSR count). The number of carbonyl (C=O) groups is 1. The van der Waals surface area contributed by atoms with Crippen molar-refractivity contribution in [3.8, 4) is 5.75 Å². The second-order valence-corrected chi connectivity index (χ2v) is 7.91. The Kier molecular flexibility index (Phi) is 7.63. The molecule has 0 unspecified atom stereocenters. The molecule has 0 aliphatic carbocycles. The van der Waals surface area contributed by atoms with E-state index in [-0.39, 0.29) is 12.5 Å². The predicted molar refractivity (Wildman–Crippen MR) is 104 cm³/mol. The summed E-state index contributed by atoms with van der Waals surface area (Å²) in [6.45, 7) is 1.18. The summed E-state index contributed by atoms with van der Waals surface area (Å²) in [6.07, 6.45) is 1.13. The van der Waals surface area contributed by atoms with Gasteiger partial charge in [0.15, 0.2) is 6.61 Å². The highest BCUT2D eigenvalue weighted by Gasteiger charge is 2.11. The van der Waals surface area contributed by atoms with Crippen LogP contribution >= 0.6 is 0 Å². The molecule has 8 heteroatoms. The zero-order chi connectivity index (χ0) is 19.7. The number of carbonyl (C=O) groups excluding carboxylic acids is 1. The lowest BCUT2D eigenvalue weighted by molar-refractivity contribution is -0.123. The Morgan fingerprint density at radius 2 is 1.74 bits per heavy atom. The number of benzene rings is 2. The second-order valence-electron chi connectivity index (χ2n) is 5.90. The standard InChI is InChI=1S/C19H24N2O5S/c1-21(27(2,23)24)17-8-10-18(11-9-17)26-15-19(22)20-12-13-25-14-16-6-4-3-5-7-16/h3-11H,12-15H2,1-2H3,(H,20,22). The number of amides is 1. The van der Waals surface area contributed by atoms with Crippen LogP contribution in [0.25, 0.3) is 0 Å². The Hall–Kier alpha value is -2.58. The number of rotatable bonds is 10. The van der Waals surface area contributed by atoms with Crippen molar-refractivity contribution in [2.75, 3.05) is 37.4 Å². The Morgan fingerprint density at radius 1 is 1.07 bits per heavy atom. The van der Waals surface area contributed by atoms with Gasteiger partial charge in [-0.05, 0) is 29.8 Å². The summed E-state index contributed by atoms with van der Waals surface area (Å²) >= 11 is 0. The van der Waals surface area contributed by atoms with Gasteiger partial charge in [0.1, 0.15) is 5.75 Å². The van der Waals surface area contributed by atoms with Crippen LogP contribution in [0.4, 0.5) is 5.69 Å². The first-order chi connectivity index (χ1) is 12.9. The molecule has 0 heterocycles. The van der Waals surface area contributed by atoms with Crippen LogP contribution in [0.2, 0.25) is 0 Å². The van der Waals surface area contributed by atoms with Crippen molar-refractivity contribution in [1.82, 2.24) is 5.32 Å². The van der Waals surface area contributed by atoms with Gasteiger partial charge in [0.2, 0.25) is 10.0 Å². The van der Waals surface area contributed by atoms with Crippen LogP contribution in [0.15, 0.2) is 54.6 Å². The molecule has 1 amide bonds. The average molecular weight is 392 g/mol. The lowest BCUT2D eigenvalue weighted by Crippen LogP contribution is -2.31. The molecule has 1 N–H and O–H groups in total. The molecule has 0 aromatic heterocycles. The summed E-state index contributed by atoms with van der Waals surface area (Å²) in [7, 11) is -1.84. The van der Waals surface area contributed by atoms with Gasteiger partial charge in [0.25, 0.3) is 5.91 Å². The number of nitrogens with one attached hydrogen (secondary N) is 1. The van der Waals surface area contributed by atoms with Crippen LogP contribution in [-0.4, -0.2) is 47.4 Å². The summed E-state index contributed by atoms with van der Waals surface area (Å²) in [5, 5.41) is 2.71. The van der Waals surface area contributed by atoms with Crippen molar-refractivity contribution < 1.29 is 22.7 Å². The highest BCUT2D eigenvalue weighted by Crippen LogP contribution is 2.20. The summed E-state index contributed by atoms with van der Waals surface area (Å²) in [5.41, 5.74) is 1.60. The Balaban J connectivity index is 1.65. The van der Waals surface area contributed by atoms with Gasteiger partial charge in [-0.1, -0.05) is 30.3 Å². The SMILES string of the molecule is CN(c1ccc(OCC(=O)NCCOCc2ccccc2)cc1)S(C)(=O)=O. The van der Waals surface area contributed by atoms with Crippen LogP contribution in [0, 0.1) is 0 Å². The molecule has 7 nitrogen and oxygen atoms in total. The molecule has 27 heavy (non-hydrogen) atoms. The van der Waals surface area contributed by atoms with Crippen molar-refractivity contribution in [3.63, 3.8) is 0 Å². The van der Waals surface area contributed by atoms with Crippen LogP contribution in [0.3, 0.4) is 0 Å². The third-order valence-corrected chi connectivity index (χ3v) is 4.95. The Bertz CT molecular complexity index is 823. The summed E-state index contributed by atoms with van der Waals surface area (Å²) in [4.78, 5) is 11.8. The van der Waals surface area contributed by atoms with Crippen molar-refractivity contribution in [2.45, 2.75) is 6.61 Å². The molecule has 0 aliphatic rings. The quantitative estimate of drug-likeness (QED) is 0.623. The molecule has 2 aromatic rings. The molecule has 2 aromatic carbocycles. The Labute approximate surface area is 160 Å². The number of sulfonamides is 1. The number of nitrogens with zero attached hydrogens (tertiary/aromatic N) is 1. The number of hydrogen-bond donors (Lipinski definition) is 1. The van der Waals surface area contributed by atoms with E-state index in [4.69, 9.17) is 9.47 Å². The molecule has 0 spiro atoms. The topological polar surface area (TPSA) is 84.9 Å². The number of anilines is 1. The molecule has 146 valence electrons. The average Bonchev–Trinajstić information content (AvgIpc) is 2.66. The van der Waals surface area contributed by atoms with Gasteiger partial charge in [-0.25, -0.2) is 8.42 Å². The van der Waals surface area contributed by atoms with Crippen LogP contribution < -0.4 is 14.4 Å². The molecule has 0 aliphatic heterocycles. The molecule has 0 fully saturated rings.